The van der Waals surface area contributed by atoms with Crippen molar-refractivity contribution in [2.45, 2.75) is 161 Å². The Bertz CT molecular complexity index is 595. The highest BCUT2D eigenvalue weighted by molar-refractivity contribution is 5.69. The SMILES string of the molecule is CCCCCCCCCCCCCCCCCCCCCCCCC(=O)OCCc1ccc(O)cc1. The van der Waals surface area contributed by atoms with E-state index in [0.717, 1.165) is 18.4 Å². The van der Waals surface area contributed by atoms with Crippen molar-refractivity contribution in [3.63, 3.8) is 0 Å². The molecule has 36 heavy (non-hydrogen) atoms. The van der Waals surface area contributed by atoms with Gasteiger partial charge in [0.2, 0.25) is 0 Å². The van der Waals surface area contributed by atoms with Gasteiger partial charge < -0.3 is 9.84 Å². The Balaban J connectivity index is 1.71. The number of hydrogen-bond acceptors (Lipinski definition) is 3. The quantitative estimate of drug-likeness (QED) is 0.101. The number of hydrogen-bond donors (Lipinski definition) is 1. The maximum atomic E-state index is 11.8. The van der Waals surface area contributed by atoms with Crippen molar-refractivity contribution in [3.05, 3.63) is 29.8 Å². The van der Waals surface area contributed by atoms with Gasteiger partial charge in [-0.05, 0) is 24.1 Å². The van der Waals surface area contributed by atoms with Crippen LogP contribution in [0.1, 0.15) is 160 Å². The molecule has 0 spiro atoms. The van der Waals surface area contributed by atoms with E-state index in [4.69, 9.17) is 4.74 Å². The fourth-order valence-electron chi connectivity index (χ4n) is 4.90. The molecule has 0 aliphatic heterocycles. The molecule has 3 nitrogen and oxygen atoms in total. The van der Waals surface area contributed by atoms with Crippen molar-refractivity contribution in [2.75, 3.05) is 6.61 Å². The zero-order valence-corrected chi connectivity index (χ0v) is 23.8. The Kier molecular flexibility index (Phi) is 22.7. The predicted molar refractivity (Wildman–Crippen MR) is 155 cm³/mol. The summed E-state index contributed by atoms with van der Waals surface area (Å²) in [5.74, 6) is 0.183. The van der Waals surface area contributed by atoms with Crippen LogP contribution in [-0.4, -0.2) is 17.7 Å². The second-order valence-electron chi connectivity index (χ2n) is 10.8. The summed E-state index contributed by atoms with van der Waals surface area (Å²) in [5, 5.41) is 9.28. The molecular weight excluding hydrogens is 444 g/mol. The van der Waals surface area contributed by atoms with Crippen LogP contribution in [0.2, 0.25) is 0 Å². The standard InChI is InChI=1S/C33H58O3/c1-2-3-4-5-6-7-8-9-10-11-12-13-14-15-16-17-18-19-20-21-22-23-24-33(35)36-30-29-31-25-27-32(34)28-26-31/h25-28,34H,2-24,29-30H2,1H3. The molecule has 208 valence electrons. The summed E-state index contributed by atoms with van der Waals surface area (Å²) in [5.41, 5.74) is 1.07. The molecule has 0 unspecified atom stereocenters. The van der Waals surface area contributed by atoms with Crippen molar-refractivity contribution >= 4 is 5.97 Å². The summed E-state index contributed by atoms with van der Waals surface area (Å²) >= 11 is 0. The number of ether oxygens (including phenoxy) is 1. The van der Waals surface area contributed by atoms with Crippen LogP contribution < -0.4 is 0 Å². The Morgan fingerprint density at radius 3 is 1.33 bits per heavy atom. The van der Waals surface area contributed by atoms with Gasteiger partial charge in [0.1, 0.15) is 5.75 Å². The van der Waals surface area contributed by atoms with E-state index < -0.39 is 0 Å². The molecule has 0 saturated heterocycles. The minimum atomic E-state index is -0.0815. The van der Waals surface area contributed by atoms with Crippen LogP contribution in [0.25, 0.3) is 0 Å². The third-order valence-electron chi connectivity index (χ3n) is 7.32. The molecule has 0 saturated carbocycles. The summed E-state index contributed by atoms with van der Waals surface area (Å²) in [7, 11) is 0. The van der Waals surface area contributed by atoms with Gasteiger partial charge in [-0.3, -0.25) is 4.79 Å². The first-order valence-electron chi connectivity index (χ1n) is 15.7. The highest BCUT2D eigenvalue weighted by Gasteiger charge is 2.03. The number of carbonyl (C=O) groups is 1. The summed E-state index contributed by atoms with van der Waals surface area (Å²) in [6.07, 6.45) is 31.5. The predicted octanol–water partition coefficient (Wildman–Crippen LogP) is 10.5. The van der Waals surface area contributed by atoms with Gasteiger partial charge in [-0.1, -0.05) is 154 Å². The number of benzene rings is 1. The molecule has 0 fully saturated rings. The third kappa shape index (κ3) is 21.7. The second kappa shape index (κ2) is 25.2. The second-order valence-corrected chi connectivity index (χ2v) is 10.8. The topological polar surface area (TPSA) is 46.5 Å². The van der Waals surface area contributed by atoms with E-state index in [2.05, 4.69) is 6.92 Å². The number of aromatic hydroxyl groups is 1. The smallest absolute Gasteiger partial charge is 0.305 e. The monoisotopic (exact) mass is 502 g/mol. The molecule has 1 rings (SSSR count). The van der Waals surface area contributed by atoms with E-state index in [1.165, 1.54) is 128 Å². The normalized spacial score (nSPS) is 11.1. The molecule has 0 heterocycles. The summed E-state index contributed by atoms with van der Waals surface area (Å²) in [4.78, 5) is 11.8. The lowest BCUT2D eigenvalue weighted by molar-refractivity contribution is -0.143. The van der Waals surface area contributed by atoms with Crippen LogP contribution in [0.5, 0.6) is 5.75 Å². The first-order valence-corrected chi connectivity index (χ1v) is 15.7. The van der Waals surface area contributed by atoms with E-state index >= 15 is 0 Å². The number of esters is 1. The lowest BCUT2D eigenvalue weighted by Crippen LogP contribution is -2.07. The number of unbranched alkanes of at least 4 members (excludes halogenated alkanes) is 21. The Labute approximate surface area is 223 Å². The molecule has 0 bridgehead atoms. The van der Waals surface area contributed by atoms with Crippen molar-refractivity contribution < 1.29 is 14.6 Å². The van der Waals surface area contributed by atoms with E-state index in [-0.39, 0.29) is 11.7 Å². The van der Waals surface area contributed by atoms with Crippen LogP contribution in [0.3, 0.4) is 0 Å². The number of phenolic OH excluding ortho intramolecular Hbond substituents is 1. The molecule has 1 aromatic rings. The lowest BCUT2D eigenvalue weighted by atomic mass is 10.0. The minimum Gasteiger partial charge on any atom is -0.508 e. The molecule has 0 amide bonds. The maximum Gasteiger partial charge on any atom is 0.305 e. The fraction of sp³-hybridized carbons (Fsp3) is 0.788. The Morgan fingerprint density at radius 2 is 0.944 bits per heavy atom. The minimum absolute atomic E-state index is 0.0815. The van der Waals surface area contributed by atoms with Gasteiger partial charge in [0.15, 0.2) is 0 Å². The van der Waals surface area contributed by atoms with Crippen LogP contribution in [0.15, 0.2) is 24.3 Å². The van der Waals surface area contributed by atoms with Crippen LogP contribution >= 0.6 is 0 Å². The van der Waals surface area contributed by atoms with Gasteiger partial charge in [-0.25, -0.2) is 0 Å². The van der Waals surface area contributed by atoms with E-state index in [0.29, 0.717) is 19.4 Å². The third-order valence-corrected chi connectivity index (χ3v) is 7.32. The van der Waals surface area contributed by atoms with Gasteiger partial charge in [-0.2, -0.15) is 0 Å². The lowest BCUT2D eigenvalue weighted by Gasteiger charge is -2.06. The van der Waals surface area contributed by atoms with Crippen molar-refractivity contribution in [1.29, 1.82) is 0 Å². The molecule has 0 aromatic heterocycles. The molecule has 0 aliphatic rings. The van der Waals surface area contributed by atoms with Gasteiger partial charge >= 0.3 is 5.97 Å². The Hall–Kier alpha value is -1.51. The zero-order chi connectivity index (χ0) is 25.9. The van der Waals surface area contributed by atoms with E-state index in [9.17, 15) is 9.90 Å². The van der Waals surface area contributed by atoms with Gasteiger partial charge in [-0.15, -0.1) is 0 Å². The number of rotatable bonds is 26. The first-order chi connectivity index (χ1) is 17.7. The molecule has 1 N–H and O–H groups in total. The van der Waals surface area contributed by atoms with Gasteiger partial charge in [0.25, 0.3) is 0 Å². The highest BCUT2D eigenvalue weighted by Crippen LogP contribution is 2.16. The van der Waals surface area contributed by atoms with Crippen molar-refractivity contribution in [2.24, 2.45) is 0 Å². The fourth-order valence-corrected chi connectivity index (χ4v) is 4.90. The van der Waals surface area contributed by atoms with Crippen molar-refractivity contribution in [1.82, 2.24) is 0 Å². The maximum absolute atomic E-state index is 11.8. The Morgan fingerprint density at radius 1 is 0.583 bits per heavy atom. The average molecular weight is 503 g/mol. The molecular formula is C33H58O3. The van der Waals surface area contributed by atoms with Crippen LogP contribution in [0.4, 0.5) is 0 Å². The van der Waals surface area contributed by atoms with E-state index in [1.807, 2.05) is 12.1 Å². The highest BCUT2D eigenvalue weighted by atomic mass is 16.5. The number of phenols is 1. The molecule has 0 aliphatic carbocycles. The molecule has 0 atom stereocenters. The van der Waals surface area contributed by atoms with Gasteiger partial charge in [0.05, 0.1) is 6.61 Å². The summed E-state index contributed by atoms with van der Waals surface area (Å²) in [6.45, 7) is 2.71. The summed E-state index contributed by atoms with van der Waals surface area (Å²) < 4.78 is 5.32. The van der Waals surface area contributed by atoms with Crippen LogP contribution in [0, 0.1) is 0 Å². The van der Waals surface area contributed by atoms with E-state index in [1.54, 1.807) is 12.1 Å². The largest absolute Gasteiger partial charge is 0.508 e. The molecule has 0 radical (unpaired) electrons. The molecule has 3 heteroatoms. The zero-order valence-electron chi connectivity index (χ0n) is 23.8. The molecule has 1 aromatic carbocycles. The first kappa shape index (κ1) is 32.5. The van der Waals surface area contributed by atoms with Crippen molar-refractivity contribution in [3.8, 4) is 5.75 Å². The average Bonchev–Trinajstić information content (AvgIpc) is 2.88. The number of carbonyl (C=O) groups excluding carboxylic acids is 1. The summed E-state index contributed by atoms with van der Waals surface area (Å²) in [6, 6.07) is 7.06. The van der Waals surface area contributed by atoms with Crippen LogP contribution in [-0.2, 0) is 16.0 Å². The van der Waals surface area contributed by atoms with Gasteiger partial charge in [0, 0.05) is 12.8 Å².